The Balaban J connectivity index is 1.35. The van der Waals surface area contributed by atoms with E-state index in [4.69, 9.17) is 14.2 Å². The number of rotatable bonds is 8. The van der Waals surface area contributed by atoms with Crippen molar-refractivity contribution in [3.8, 4) is 0 Å². The van der Waals surface area contributed by atoms with Crippen molar-refractivity contribution in [2.45, 2.75) is 84.2 Å². The Morgan fingerprint density at radius 1 is 1.05 bits per heavy atom. The molecule has 0 bridgehead atoms. The van der Waals surface area contributed by atoms with Crippen LogP contribution in [0.25, 0.3) is 0 Å². The second-order valence-electron chi connectivity index (χ2n) is 12.5. The maximum absolute atomic E-state index is 14.0. The van der Waals surface area contributed by atoms with Crippen molar-refractivity contribution in [2.75, 3.05) is 65.7 Å². The lowest BCUT2D eigenvalue weighted by atomic mass is 9.92. The third-order valence-corrected chi connectivity index (χ3v) is 8.33. The van der Waals surface area contributed by atoms with Gasteiger partial charge in [-0.25, -0.2) is 0 Å². The van der Waals surface area contributed by atoms with Gasteiger partial charge in [-0.2, -0.15) is 0 Å². The van der Waals surface area contributed by atoms with Crippen molar-refractivity contribution in [3.05, 3.63) is 0 Å². The molecule has 37 heavy (non-hydrogen) atoms. The lowest BCUT2D eigenvalue weighted by Crippen LogP contribution is -2.64. The third-order valence-electron chi connectivity index (χ3n) is 8.33. The topological polar surface area (TPSA) is 83.6 Å². The SMILES string of the molecule is CC(C)CC(C(=O)N1CCC2(C[C@@H]1C)OCC(CN1CCOCC1)CO2)N1CCN[C@@H](CC(C)C)C1=O. The van der Waals surface area contributed by atoms with Gasteiger partial charge in [0.1, 0.15) is 6.04 Å². The molecule has 4 aliphatic rings. The van der Waals surface area contributed by atoms with Gasteiger partial charge in [0.15, 0.2) is 5.79 Å². The van der Waals surface area contributed by atoms with Gasteiger partial charge >= 0.3 is 0 Å². The standard InChI is InChI=1S/C28H50N4O5/c1-20(2)14-24-26(33)32(9-7-29-24)25(15-21(3)4)27(34)31-8-6-28(16-22(31)5)36-18-23(19-37-28)17-30-10-12-35-13-11-30/h20-25,29H,6-19H2,1-5H3/t22-,23?,24-,25?,28?/m0/s1. The normalized spacial score (nSPS) is 32.9. The van der Waals surface area contributed by atoms with Gasteiger partial charge in [-0.1, -0.05) is 27.7 Å². The summed E-state index contributed by atoms with van der Waals surface area (Å²) in [5, 5.41) is 3.38. The van der Waals surface area contributed by atoms with E-state index in [0.717, 1.165) is 45.8 Å². The number of piperidine rings is 1. The van der Waals surface area contributed by atoms with Crippen LogP contribution in [0.3, 0.4) is 0 Å². The molecule has 4 heterocycles. The predicted molar refractivity (Wildman–Crippen MR) is 142 cm³/mol. The summed E-state index contributed by atoms with van der Waals surface area (Å²) in [5.74, 6) is 0.661. The molecule has 4 saturated heterocycles. The van der Waals surface area contributed by atoms with Crippen molar-refractivity contribution >= 4 is 11.8 Å². The van der Waals surface area contributed by atoms with E-state index in [1.807, 2.05) is 9.80 Å². The Kier molecular flexibility index (Phi) is 9.89. The minimum absolute atomic E-state index is 0.00353. The quantitative estimate of drug-likeness (QED) is 0.522. The fourth-order valence-electron chi connectivity index (χ4n) is 6.37. The molecule has 2 amide bonds. The summed E-state index contributed by atoms with van der Waals surface area (Å²) < 4.78 is 18.2. The average Bonchev–Trinajstić information content (AvgIpc) is 2.86. The molecule has 1 unspecified atom stereocenters. The summed E-state index contributed by atoms with van der Waals surface area (Å²) in [5.41, 5.74) is 0. The highest BCUT2D eigenvalue weighted by molar-refractivity contribution is 5.90. The molecule has 0 aromatic rings. The van der Waals surface area contributed by atoms with Gasteiger partial charge in [-0.15, -0.1) is 0 Å². The minimum atomic E-state index is -0.599. The molecule has 3 atom stereocenters. The Bertz CT molecular complexity index is 764. The zero-order chi connectivity index (χ0) is 26.6. The van der Waals surface area contributed by atoms with Gasteiger partial charge in [0.2, 0.25) is 11.8 Å². The fourth-order valence-corrected chi connectivity index (χ4v) is 6.37. The number of hydrogen-bond donors (Lipinski definition) is 1. The van der Waals surface area contributed by atoms with Gasteiger partial charge in [0.25, 0.3) is 0 Å². The summed E-state index contributed by atoms with van der Waals surface area (Å²) in [6.45, 7) is 18.5. The number of nitrogens with zero attached hydrogens (tertiary/aromatic N) is 3. The molecule has 0 aromatic heterocycles. The van der Waals surface area contributed by atoms with Crippen molar-refractivity contribution in [2.24, 2.45) is 17.8 Å². The van der Waals surface area contributed by atoms with E-state index in [1.165, 1.54) is 0 Å². The summed E-state index contributed by atoms with van der Waals surface area (Å²) >= 11 is 0. The molecular formula is C28H50N4O5. The molecule has 4 rings (SSSR count). The van der Waals surface area contributed by atoms with Crippen LogP contribution in [0.15, 0.2) is 0 Å². The van der Waals surface area contributed by atoms with Gasteiger partial charge in [0, 0.05) is 64.1 Å². The van der Waals surface area contributed by atoms with E-state index in [-0.39, 0.29) is 23.9 Å². The largest absolute Gasteiger partial charge is 0.379 e. The van der Waals surface area contributed by atoms with Crippen LogP contribution in [-0.2, 0) is 23.8 Å². The molecule has 0 radical (unpaired) electrons. The van der Waals surface area contributed by atoms with Gasteiger partial charge in [-0.3, -0.25) is 14.5 Å². The van der Waals surface area contributed by atoms with Gasteiger partial charge < -0.3 is 29.3 Å². The lowest BCUT2D eigenvalue weighted by molar-refractivity contribution is -0.303. The van der Waals surface area contributed by atoms with Crippen LogP contribution in [-0.4, -0.2) is 116 Å². The Morgan fingerprint density at radius 3 is 2.38 bits per heavy atom. The van der Waals surface area contributed by atoms with E-state index in [0.29, 0.717) is 63.3 Å². The number of hydrogen-bond acceptors (Lipinski definition) is 7. The van der Waals surface area contributed by atoms with Crippen LogP contribution >= 0.6 is 0 Å². The molecule has 4 fully saturated rings. The van der Waals surface area contributed by atoms with E-state index >= 15 is 0 Å². The number of piperazine rings is 1. The predicted octanol–water partition coefficient (Wildman–Crippen LogP) is 1.95. The maximum Gasteiger partial charge on any atom is 0.245 e. The Morgan fingerprint density at radius 2 is 1.76 bits per heavy atom. The number of ether oxygens (including phenoxy) is 3. The molecular weight excluding hydrogens is 472 g/mol. The molecule has 212 valence electrons. The van der Waals surface area contributed by atoms with Crippen molar-refractivity contribution in [1.82, 2.24) is 20.0 Å². The van der Waals surface area contributed by atoms with Gasteiger partial charge in [-0.05, 0) is 31.6 Å². The average molecular weight is 523 g/mol. The van der Waals surface area contributed by atoms with Crippen LogP contribution in [0, 0.1) is 17.8 Å². The number of nitrogens with one attached hydrogen (secondary N) is 1. The molecule has 1 spiro atoms. The zero-order valence-electron chi connectivity index (χ0n) is 23.7. The summed E-state index contributed by atoms with van der Waals surface area (Å²) in [7, 11) is 0. The van der Waals surface area contributed by atoms with E-state index in [1.54, 1.807) is 0 Å². The Hall–Kier alpha value is -1.26. The van der Waals surface area contributed by atoms with E-state index in [9.17, 15) is 9.59 Å². The second-order valence-corrected chi connectivity index (χ2v) is 12.5. The van der Waals surface area contributed by atoms with Crippen LogP contribution in [0.5, 0.6) is 0 Å². The molecule has 0 saturated carbocycles. The van der Waals surface area contributed by atoms with E-state index < -0.39 is 11.8 Å². The monoisotopic (exact) mass is 522 g/mol. The first-order valence-electron chi connectivity index (χ1n) is 14.6. The lowest BCUT2D eigenvalue weighted by Gasteiger charge is -2.49. The molecule has 0 aliphatic carbocycles. The third kappa shape index (κ3) is 7.24. The number of morpholine rings is 1. The molecule has 1 N–H and O–H groups in total. The minimum Gasteiger partial charge on any atom is -0.379 e. The van der Waals surface area contributed by atoms with Gasteiger partial charge in [0.05, 0.1) is 32.5 Å². The van der Waals surface area contributed by atoms with Crippen molar-refractivity contribution in [3.63, 3.8) is 0 Å². The van der Waals surface area contributed by atoms with Crippen LogP contribution in [0.2, 0.25) is 0 Å². The first-order chi connectivity index (χ1) is 17.7. The number of amides is 2. The fraction of sp³-hybridized carbons (Fsp3) is 0.929. The van der Waals surface area contributed by atoms with Crippen LogP contribution in [0.1, 0.15) is 60.3 Å². The van der Waals surface area contributed by atoms with Crippen molar-refractivity contribution in [1.29, 1.82) is 0 Å². The number of likely N-dealkylation sites (tertiary alicyclic amines) is 1. The highest BCUT2D eigenvalue weighted by atomic mass is 16.7. The summed E-state index contributed by atoms with van der Waals surface area (Å²) in [6.07, 6.45) is 2.82. The second kappa shape index (κ2) is 12.7. The number of carbonyl (C=O) groups excluding carboxylic acids is 2. The highest BCUT2D eigenvalue weighted by Gasteiger charge is 2.47. The smallest absolute Gasteiger partial charge is 0.245 e. The first kappa shape index (κ1) is 28.7. The zero-order valence-corrected chi connectivity index (χ0v) is 23.7. The molecule has 9 heteroatoms. The number of carbonyl (C=O) groups is 2. The summed E-state index contributed by atoms with van der Waals surface area (Å²) in [4.78, 5) is 33.7. The maximum atomic E-state index is 14.0. The van der Waals surface area contributed by atoms with Crippen LogP contribution < -0.4 is 5.32 Å². The molecule has 4 aliphatic heterocycles. The Labute approximate surface area is 223 Å². The molecule has 0 aromatic carbocycles. The van der Waals surface area contributed by atoms with Crippen LogP contribution in [0.4, 0.5) is 0 Å². The van der Waals surface area contributed by atoms with E-state index in [2.05, 4.69) is 44.8 Å². The highest BCUT2D eigenvalue weighted by Crippen LogP contribution is 2.36. The summed E-state index contributed by atoms with van der Waals surface area (Å²) in [6, 6.07) is -0.615. The first-order valence-corrected chi connectivity index (χ1v) is 14.6. The van der Waals surface area contributed by atoms with Crippen molar-refractivity contribution < 1.29 is 23.8 Å². The molecule has 9 nitrogen and oxygen atoms in total.